The molecule has 1 aromatic rings. The standard InChI is InChI=1S/C21H23FN2O2/c1-4-26-19-12-11-17(22)13-18(19)20-14(2)21(24(23-20)15(3)25)16-9-7-5-6-8-10-16/h5-7,9-14,21H,4,8H2,1-3H3. The van der Waals surface area contributed by atoms with Crippen LogP contribution in [0, 0.1) is 11.7 Å². The maximum absolute atomic E-state index is 13.9. The van der Waals surface area contributed by atoms with E-state index in [0.717, 1.165) is 12.0 Å². The van der Waals surface area contributed by atoms with E-state index in [4.69, 9.17) is 4.74 Å². The maximum Gasteiger partial charge on any atom is 0.240 e. The van der Waals surface area contributed by atoms with Gasteiger partial charge in [-0.25, -0.2) is 9.40 Å². The van der Waals surface area contributed by atoms with Crippen molar-refractivity contribution in [3.05, 3.63) is 65.5 Å². The van der Waals surface area contributed by atoms with Gasteiger partial charge in [-0.15, -0.1) is 0 Å². The van der Waals surface area contributed by atoms with Gasteiger partial charge in [-0.05, 0) is 37.1 Å². The minimum absolute atomic E-state index is 0.0890. The number of hydrogen-bond donors (Lipinski definition) is 0. The predicted molar refractivity (Wildman–Crippen MR) is 101 cm³/mol. The van der Waals surface area contributed by atoms with Gasteiger partial charge < -0.3 is 4.74 Å². The first-order valence-electron chi connectivity index (χ1n) is 8.87. The smallest absolute Gasteiger partial charge is 0.240 e. The van der Waals surface area contributed by atoms with Gasteiger partial charge in [0, 0.05) is 18.4 Å². The third-order valence-corrected chi connectivity index (χ3v) is 4.59. The SMILES string of the molecule is CCOc1ccc(F)cc1C1=NN(C(C)=O)C(C2=CCC=CC=C2)C1C. The van der Waals surface area contributed by atoms with Crippen LogP contribution in [0.1, 0.15) is 32.8 Å². The fourth-order valence-corrected chi connectivity index (χ4v) is 3.43. The maximum atomic E-state index is 13.9. The number of hydrogen-bond acceptors (Lipinski definition) is 3. The number of nitrogens with zero attached hydrogens (tertiary/aromatic N) is 2. The van der Waals surface area contributed by atoms with Crippen molar-refractivity contribution < 1.29 is 13.9 Å². The molecule has 0 saturated carbocycles. The van der Waals surface area contributed by atoms with Crippen LogP contribution < -0.4 is 4.74 Å². The second kappa shape index (κ2) is 7.68. The van der Waals surface area contributed by atoms with Crippen molar-refractivity contribution in [3.8, 4) is 5.75 Å². The number of carbonyl (C=O) groups excluding carboxylic acids is 1. The van der Waals surface area contributed by atoms with Crippen LogP contribution in [-0.4, -0.2) is 29.3 Å². The minimum Gasteiger partial charge on any atom is -0.493 e. The van der Waals surface area contributed by atoms with Crippen LogP contribution in [0.15, 0.2) is 59.3 Å². The second-order valence-corrected chi connectivity index (χ2v) is 6.38. The second-order valence-electron chi connectivity index (χ2n) is 6.38. The van der Waals surface area contributed by atoms with E-state index in [2.05, 4.69) is 17.3 Å². The zero-order valence-corrected chi connectivity index (χ0v) is 15.3. The summed E-state index contributed by atoms with van der Waals surface area (Å²) in [5.41, 5.74) is 2.30. The molecule has 4 nitrogen and oxygen atoms in total. The summed E-state index contributed by atoms with van der Waals surface area (Å²) >= 11 is 0. The van der Waals surface area contributed by atoms with Crippen molar-refractivity contribution >= 4 is 11.6 Å². The lowest BCUT2D eigenvalue weighted by Crippen LogP contribution is -2.36. The van der Waals surface area contributed by atoms with Crippen molar-refractivity contribution in [2.75, 3.05) is 6.61 Å². The minimum atomic E-state index is -0.353. The van der Waals surface area contributed by atoms with E-state index in [9.17, 15) is 9.18 Å². The van der Waals surface area contributed by atoms with Crippen molar-refractivity contribution in [1.82, 2.24) is 5.01 Å². The molecule has 26 heavy (non-hydrogen) atoms. The summed E-state index contributed by atoms with van der Waals surface area (Å²) in [7, 11) is 0. The van der Waals surface area contributed by atoms with Crippen LogP contribution in [0.2, 0.25) is 0 Å². The number of ether oxygens (including phenoxy) is 1. The molecule has 0 radical (unpaired) electrons. The molecule has 1 heterocycles. The number of allylic oxidation sites excluding steroid dienone is 4. The summed E-state index contributed by atoms with van der Waals surface area (Å²) in [6.45, 7) is 5.87. The van der Waals surface area contributed by atoms with Crippen molar-refractivity contribution in [3.63, 3.8) is 0 Å². The van der Waals surface area contributed by atoms with Gasteiger partial charge in [0.25, 0.3) is 0 Å². The molecule has 3 rings (SSSR count). The van der Waals surface area contributed by atoms with Gasteiger partial charge in [0.15, 0.2) is 0 Å². The van der Waals surface area contributed by atoms with Gasteiger partial charge in [-0.3, -0.25) is 4.79 Å². The average Bonchev–Trinajstić information content (AvgIpc) is 2.78. The van der Waals surface area contributed by atoms with Gasteiger partial charge in [0.1, 0.15) is 11.6 Å². The number of amides is 1. The molecule has 2 aliphatic rings. The molecule has 0 fully saturated rings. The van der Waals surface area contributed by atoms with E-state index in [1.807, 2.05) is 32.1 Å². The Bertz CT molecular complexity index is 823. The fraction of sp³-hybridized carbons (Fsp3) is 0.333. The zero-order valence-electron chi connectivity index (χ0n) is 15.3. The molecule has 1 aromatic carbocycles. The highest BCUT2D eigenvalue weighted by atomic mass is 19.1. The number of benzene rings is 1. The lowest BCUT2D eigenvalue weighted by molar-refractivity contribution is -0.130. The molecule has 136 valence electrons. The molecule has 0 bridgehead atoms. The summed E-state index contributed by atoms with van der Waals surface area (Å²) in [4.78, 5) is 12.2. The van der Waals surface area contributed by atoms with Crippen molar-refractivity contribution in [2.24, 2.45) is 11.0 Å². The van der Waals surface area contributed by atoms with Gasteiger partial charge in [0.2, 0.25) is 5.91 Å². The third-order valence-electron chi connectivity index (χ3n) is 4.59. The Morgan fingerprint density at radius 1 is 1.38 bits per heavy atom. The summed E-state index contributed by atoms with van der Waals surface area (Å²) in [6, 6.07) is 4.21. The number of rotatable bonds is 4. The van der Waals surface area contributed by atoms with Crippen LogP contribution in [0.5, 0.6) is 5.75 Å². The molecule has 1 aliphatic carbocycles. The molecule has 0 aromatic heterocycles. The van der Waals surface area contributed by atoms with Gasteiger partial charge in [-0.2, -0.15) is 5.10 Å². The van der Waals surface area contributed by atoms with Gasteiger partial charge in [-0.1, -0.05) is 37.3 Å². The normalized spacial score (nSPS) is 22.1. The highest BCUT2D eigenvalue weighted by Crippen LogP contribution is 2.35. The highest BCUT2D eigenvalue weighted by Gasteiger charge is 2.39. The fourth-order valence-electron chi connectivity index (χ4n) is 3.43. The summed E-state index contributed by atoms with van der Waals surface area (Å²) in [5, 5.41) is 6.07. The quantitative estimate of drug-likeness (QED) is 0.812. The zero-order chi connectivity index (χ0) is 18.7. The summed E-state index contributed by atoms with van der Waals surface area (Å²) < 4.78 is 19.6. The molecule has 0 saturated heterocycles. The lowest BCUT2D eigenvalue weighted by Gasteiger charge is -2.25. The van der Waals surface area contributed by atoms with E-state index in [1.165, 1.54) is 24.1 Å². The first-order chi connectivity index (χ1) is 12.5. The van der Waals surface area contributed by atoms with E-state index < -0.39 is 0 Å². The first kappa shape index (κ1) is 18.1. The van der Waals surface area contributed by atoms with Gasteiger partial charge in [0.05, 0.1) is 18.4 Å². The highest BCUT2D eigenvalue weighted by molar-refractivity contribution is 6.07. The summed E-state index contributed by atoms with van der Waals surface area (Å²) in [5.74, 6) is -0.00344. The molecule has 5 heteroatoms. The first-order valence-corrected chi connectivity index (χ1v) is 8.87. The van der Waals surface area contributed by atoms with Crippen molar-refractivity contribution in [2.45, 2.75) is 33.2 Å². The van der Waals surface area contributed by atoms with Crippen LogP contribution in [0.4, 0.5) is 4.39 Å². The Morgan fingerprint density at radius 3 is 2.92 bits per heavy atom. The van der Waals surface area contributed by atoms with Crippen molar-refractivity contribution in [1.29, 1.82) is 0 Å². The number of halogens is 1. The van der Waals surface area contributed by atoms with Gasteiger partial charge >= 0.3 is 0 Å². The van der Waals surface area contributed by atoms with E-state index in [0.29, 0.717) is 23.6 Å². The average molecular weight is 354 g/mol. The molecule has 2 unspecified atom stereocenters. The third kappa shape index (κ3) is 3.47. The van der Waals surface area contributed by atoms with Crippen LogP contribution in [0.3, 0.4) is 0 Å². The molecule has 0 spiro atoms. The molecule has 2 atom stereocenters. The molecular formula is C21H23FN2O2. The largest absolute Gasteiger partial charge is 0.493 e. The Morgan fingerprint density at radius 2 is 2.19 bits per heavy atom. The van der Waals surface area contributed by atoms with Crippen LogP contribution in [-0.2, 0) is 4.79 Å². The molecule has 0 N–H and O–H groups in total. The Hall–Kier alpha value is -2.69. The van der Waals surface area contributed by atoms with Crippen LogP contribution in [0.25, 0.3) is 0 Å². The molecule has 1 aliphatic heterocycles. The van der Waals surface area contributed by atoms with E-state index >= 15 is 0 Å². The Balaban J connectivity index is 2.04. The monoisotopic (exact) mass is 354 g/mol. The summed E-state index contributed by atoms with van der Waals surface area (Å²) in [6.07, 6.45) is 10.9. The van der Waals surface area contributed by atoms with E-state index in [-0.39, 0.29) is 23.7 Å². The molecular weight excluding hydrogens is 331 g/mol. The lowest BCUT2D eigenvalue weighted by atomic mass is 9.87. The number of hydrazone groups is 1. The predicted octanol–water partition coefficient (Wildman–Crippen LogP) is 4.24. The van der Waals surface area contributed by atoms with E-state index in [1.54, 1.807) is 6.07 Å². The Labute approximate surface area is 153 Å². The number of carbonyl (C=O) groups is 1. The Kier molecular flexibility index (Phi) is 5.35. The topological polar surface area (TPSA) is 41.9 Å². The molecule has 1 amide bonds. The van der Waals surface area contributed by atoms with Crippen LogP contribution >= 0.6 is 0 Å².